The molecule has 0 unspecified atom stereocenters. The number of hydrogen-bond acceptors (Lipinski definition) is 4. The molecule has 0 aromatic carbocycles. The van der Waals surface area contributed by atoms with Crippen molar-refractivity contribution in [2.45, 2.75) is 0 Å². The fourth-order valence-corrected chi connectivity index (χ4v) is 0. The second kappa shape index (κ2) is 9.75. The van der Waals surface area contributed by atoms with E-state index in [2.05, 4.69) is 17.1 Å². The van der Waals surface area contributed by atoms with Crippen molar-refractivity contribution in [3.8, 4) is 0 Å². The molecular formula is CH5O4SW. The Labute approximate surface area is 52.7 Å². The van der Waals surface area contributed by atoms with Gasteiger partial charge in [0.2, 0.25) is 0 Å². The molecule has 0 fully saturated rings. The third-order valence-corrected chi connectivity index (χ3v) is 0. The van der Waals surface area contributed by atoms with Gasteiger partial charge in [-0.25, -0.2) is 0 Å². The summed E-state index contributed by atoms with van der Waals surface area (Å²) in [4.78, 5) is 0. The molecule has 0 saturated carbocycles. The van der Waals surface area contributed by atoms with E-state index >= 15 is 0 Å². The number of thiol groups is 1. The van der Waals surface area contributed by atoms with E-state index in [0.717, 1.165) is 0 Å². The van der Waals surface area contributed by atoms with Crippen molar-refractivity contribution in [3.05, 3.63) is 0 Å². The normalized spacial score (nSPS) is 6.14. The van der Waals surface area contributed by atoms with Gasteiger partial charge in [0.05, 0.1) is 0 Å². The van der Waals surface area contributed by atoms with Crippen molar-refractivity contribution in [1.29, 1.82) is 0 Å². The van der Waals surface area contributed by atoms with Crippen LogP contribution in [0.2, 0.25) is 0 Å². The monoisotopic (exact) mass is 297 g/mol. The predicted molar refractivity (Wildman–Crippen MR) is 19.6 cm³/mol. The molecule has 7 heavy (non-hydrogen) atoms. The van der Waals surface area contributed by atoms with Crippen LogP contribution in [0.4, 0.5) is 0 Å². The van der Waals surface area contributed by atoms with Crippen LogP contribution >= 0.6 is 12.9 Å². The molecule has 6 heteroatoms. The van der Waals surface area contributed by atoms with E-state index in [1.165, 1.54) is 7.11 Å². The number of hydrogen-bond donors (Lipinski definition) is 2. The molecule has 0 aromatic rings. The van der Waals surface area contributed by atoms with Gasteiger partial charge >= 0.3 is 28.2 Å². The molecule has 0 aliphatic carbocycles. The molecule has 0 aliphatic heterocycles. The van der Waals surface area contributed by atoms with Crippen molar-refractivity contribution < 1.29 is 32.4 Å². The van der Waals surface area contributed by atoms with E-state index in [4.69, 9.17) is 10.6 Å². The standard InChI is InChI=1S/CH4OS.H2O.2O.W/c1-2-3;;;;/h3H,1H3;1H2;;;/q;;;;+1/p-1. The van der Waals surface area contributed by atoms with Gasteiger partial charge in [0, 0.05) is 7.11 Å². The van der Waals surface area contributed by atoms with Crippen LogP contribution in [-0.4, -0.2) is 10.9 Å². The molecule has 0 atom stereocenters. The van der Waals surface area contributed by atoms with Gasteiger partial charge in [-0.3, -0.25) is 0 Å². The Bertz CT molecular complexity index is 69.8. The molecule has 45 valence electrons. The van der Waals surface area contributed by atoms with Gasteiger partial charge in [0.15, 0.2) is 0 Å². The molecule has 0 aromatic heterocycles. The van der Waals surface area contributed by atoms with Gasteiger partial charge < -0.3 is 4.18 Å². The molecule has 0 spiro atoms. The first kappa shape index (κ1) is 10.5. The Hall–Kier alpha value is 0.558. The van der Waals surface area contributed by atoms with E-state index in [9.17, 15) is 0 Å². The van der Waals surface area contributed by atoms with Crippen LogP contribution in [-0.2, 0) is 28.6 Å². The van der Waals surface area contributed by atoms with Crippen LogP contribution in [0, 0.1) is 0 Å². The summed E-state index contributed by atoms with van der Waals surface area (Å²) in [5.41, 5.74) is 0. The van der Waals surface area contributed by atoms with Gasteiger partial charge in [-0.2, -0.15) is 0 Å². The van der Waals surface area contributed by atoms with E-state index < -0.39 is 17.6 Å². The van der Waals surface area contributed by atoms with E-state index in [1.54, 1.807) is 0 Å². The fourth-order valence-electron chi connectivity index (χ4n) is 0. The summed E-state index contributed by atoms with van der Waals surface area (Å²) < 4.78 is 28.5. The third kappa shape index (κ3) is 437. The van der Waals surface area contributed by atoms with E-state index in [0.29, 0.717) is 0 Å². The van der Waals surface area contributed by atoms with Gasteiger partial charge in [-0.15, -0.1) is 0 Å². The molecule has 4 nitrogen and oxygen atoms in total. The minimum absolute atomic E-state index is 1.49. The Morgan fingerprint density at radius 2 is 1.71 bits per heavy atom. The molecule has 0 aliphatic rings. The van der Waals surface area contributed by atoms with Gasteiger partial charge in [0.25, 0.3) is 0 Å². The molecular weight excluding hydrogens is 292 g/mol. The molecule has 0 bridgehead atoms. The fraction of sp³-hybridized carbons (Fsp3) is 1.00. The first-order chi connectivity index (χ1) is 3.15. The maximum absolute atomic E-state index is 8.72. The average Bonchev–Trinajstić information content (AvgIpc) is 1.33. The van der Waals surface area contributed by atoms with E-state index in [-0.39, 0.29) is 0 Å². The van der Waals surface area contributed by atoms with Gasteiger partial charge in [-0.05, 0) is 12.9 Å². The summed E-state index contributed by atoms with van der Waals surface area (Å²) >= 11 is -0.739. The summed E-state index contributed by atoms with van der Waals surface area (Å²) in [6.07, 6.45) is 0. The van der Waals surface area contributed by atoms with Crippen molar-refractivity contribution in [1.82, 2.24) is 0 Å². The van der Waals surface area contributed by atoms with Gasteiger partial charge in [0.1, 0.15) is 0 Å². The van der Waals surface area contributed by atoms with Crippen molar-refractivity contribution >= 4 is 12.9 Å². The van der Waals surface area contributed by atoms with Crippen LogP contribution in [0.5, 0.6) is 0 Å². The zero-order chi connectivity index (χ0) is 6.28. The van der Waals surface area contributed by atoms with Crippen LogP contribution in [0.3, 0.4) is 0 Å². The molecule has 1 N–H and O–H groups in total. The maximum atomic E-state index is 8.72. The van der Waals surface area contributed by atoms with Crippen molar-refractivity contribution in [2.24, 2.45) is 0 Å². The second-order valence-corrected chi connectivity index (χ2v) is 2.32. The molecule has 0 amide bonds. The molecule has 0 saturated heterocycles. The van der Waals surface area contributed by atoms with Crippen LogP contribution in [0.1, 0.15) is 0 Å². The zero-order valence-electron chi connectivity index (χ0n) is 3.53. The Balaban J connectivity index is 0. The Morgan fingerprint density at radius 1 is 1.71 bits per heavy atom. The molecule has 0 radical (unpaired) electrons. The van der Waals surface area contributed by atoms with Crippen LogP contribution in [0.15, 0.2) is 0 Å². The average molecular weight is 297 g/mol. The predicted octanol–water partition coefficient (Wildman–Crippen LogP) is -0.320. The molecule has 0 rings (SSSR count). The van der Waals surface area contributed by atoms with Crippen LogP contribution in [0.25, 0.3) is 0 Å². The SMILES string of the molecule is COS.[O]=[W](=[O])[OH]. The first-order valence-corrected chi connectivity index (χ1v) is 5.18. The Morgan fingerprint density at radius 3 is 1.71 bits per heavy atom. The van der Waals surface area contributed by atoms with Crippen molar-refractivity contribution in [2.75, 3.05) is 7.11 Å². The molecule has 0 heterocycles. The Kier molecular flexibility index (Phi) is 14.7. The summed E-state index contributed by atoms with van der Waals surface area (Å²) in [6, 6.07) is 0. The van der Waals surface area contributed by atoms with Crippen molar-refractivity contribution in [3.63, 3.8) is 0 Å². The quantitative estimate of drug-likeness (QED) is 0.475. The first-order valence-electron chi connectivity index (χ1n) is 1.11. The zero-order valence-corrected chi connectivity index (χ0v) is 7.36. The summed E-state index contributed by atoms with van der Waals surface area (Å²) in [5, 5.41) is 0. The van der Waals surface area contributed by atoms with E-state index in [1.807, 2.05) is 0 Å². The summed E-state index contributed by atoms with van der Waals surface area (Å²) in [5.74, 6) is 0. The van der Waals surface area contributed by atoms with Crippen LogP contribution < -0.4 is 0 Å². The second-order valence-electron chi connectivity index (χ2n) is 0.400. The number of rotatable bonds is 0. The summed E-state index contributed by atoms with van der Waals surface area (Å²) in [7, 11) is 1.49. The third-order valence-electron chi connectivity index (χ3n) is 0. The summed E-state index contributed by atoms with van der Waals surface area (Å²) in [6.45, 7) is 0. The topological polar surface area (TPSA) is 63.6 Å². The minimum atomic E-state index is -4.03. The van der Waals surface area contributed by atoms with Gasteiger partial charge in [-0.1, -0.05) is 0 Å².